The summed E-state index contributed by atoms with van der Waals surface area (Å²) in [4.78, 5) is 11.7. The maximum atomic E-state index is 11.7. The zero-order valence-electron chi connectivity index (χ0n) is 12.0. The van der Waals surface area contributed by atoms with Gasteiger partial charge in [0.1, 0.15) is 6.61 Å². The highest BCUT2D eigenvalue weighted by molar-refractivity contribution is 9.10. The lowest BCUT2D eigenvalue weighted by Gasteiger charge is -2.06. The molecule has 0 amide bonds. The third-order valence-corrected chi connectivity index (χ3v) is 3.51. The lowest BCUT2D eigenvalue weighted by Crippen LogP contribution is -2.00. The number of carbonyl (C=O) groups excluding carboxylic acids is 1. The van der Waals surface area contributed by atoms with Crippen LogP contribution in [0.1, 0.15) is 11.1 Å². The highest BCUT2D eigenvalue weighted by Gasteiger charge is 2.07. The van der Waals surface area contributed by atoms with E-state index < -0.39 is 5.97 Å². The first kappa shape index (κ1) is 16.1. The lowest BCUT2D eigenvalue weighted by molar-refractivity contribution is -0.138. The maximum absolute atomic E-state index is 11.7. The number of ether oxygens (including phenoxy) is 2. The smallest absolute Gasteiger partial charge is 0.331 e. The number of carbonyl (C=O) groups is 1. The molecule has 2 rings (SSSR count). The summed E-state index contributed by atoms with van der Waals surface area (Å²) in [5.74, 6) is -0.0926. The molecule has 0 fully saturated rings. The molecule has 0 saturated heterocycles. The second-order valence-corrected chi connectivity index (χ2v) is 5.33. The molecule has 0 aliphatic heterocycles. The number of rotatable bonds is 5. The Bertz CT molecular complexity index is 681. The average molecular weight is 363 g/mol. The first-order valence-corrected chi connectivity index (χ1v) is 7.34. The van der Waals surface area contributed by atoms with E-state index in [1.807, 2.05) is 30.3 Å². The summed E-state index contributed by atoms with van der Waals surface area (Å²) in [6.45, 7) is 0.229. The van der Waals surface area contributed by atoms with Crippen molar-refractivity contribution in [3.05, 3.63) is 64.1 Å². The quantitative estimate of drug-likeness (QED) is 0.646. The Labute approximate surface area is 137 Å². The van der Waals surface area contributed by atoms with Gasteiger partial charge in [0.2, 0.25) is 0 Å². The normalized spacial score (nSPS) is 10.6. The number of aromatic hydroxyl groups is 1. The number of benzene rings is 2. The molecule has 5 heteroatoms. The van der Waals surface area contributed by atoms with Crippen LogP contribution in [0.5, 0.6) is 11.5 Å². The van der Waals surface area contributed by atoms with E-state index in [-0.39, 0.29) is 12.4 Å². The van der Waals surface area contributed by atoms with Crippen molar-refractivity contribution in [2.75, 3.05) is 7.11 Å². The van der Waals surface area contributed by atoms with Gasteiger partial charge >= 0.3 is 5.97 Å². The van der Waals surface area contributed by atoms with E-state index in [0.29, 0.717) is 15.8 Å². The Kier molecular flexibility index (Phi) is 5.61. The van der Waals surface area contributed by atoms with Crippen molar-refractivity contribution in [1.29, 1.82) is 0 Å². The molecule has 0 aliphatic rings. The van der Waals surface area contributed by atoms with Crippen LogP contribution in [0.15, 0.2) is 53.0 Å². The molecule has 2 aromatic carbocycles. The zero-order valence-corrected chi connectivity index (χ0v) is 13.5. The van der Waals surface area contributed by atoms with Gasteiger partial charge in [-0.05, 0) is 45.3 Å². The molecule has 0 aromatic heterocycles. The molecule has 2 aromatic rings. The van der Waals surface area contributed by atoms with Gasteiger partial charge in [-0.1, -0.05) is 30.3 Å². The van der Waals surface area contributed by atoms with Crippen molar-refractivity contribution in [3.8, 4) is 11.5 Å². The van der Waals surface area contributed by atoms with Crippen LogP contribution in [0.3, 0.4) is 0 Å². The predicted molar refractivity (Wildman–Crippen MR) is 87.6 cm³/mol. The Balaban J connectivity index is 1.99. The maximum Gasteiger partial charge on any atom is 0.331 e. The van der Waals surface area contributed by atoms with Crippen molar-refractivity contribution in [1.82, 2.24) is 0 Å². The van der Waals surface area contributed by atoms with E-state index in [1.165, 1.54) is 13.2 Å². The number of halogens is 1. The first-order chi connectivity index (χ1) is 10.6. The summed E-state index contributed by atoms with van der Waals surface area (Å²) in [7, 11) is 1.46. The van der Waals surface area contributed by atoms with Gasteiger partial charge in [-0.25, -0.2) is 4.79 Å². The molecule has 4 nitrogen and oxygen atoms in total. The molecule has 0 saturated carbocycles. The molecule has 0 aliphatic carbocycles. The number of hydrogen-bond donors (Lipinski definition) is 1. The van der Waals surface area contributed by atoms with E-state index >= 15 is 0 Å². The van der Waals surface area contributed by atoms with E-state index in [4.69, 9.17) is 9.47 Å². The van der Waals surface area contributed by atoms with Gasteiger partial charge < -0.3 is 14.6 Å². The van der Waals surface area contributed by atoms with Gasteiger partial charge in [0, 0.05) is 6.08 Å². The minimum absolute atomic E-state index is 0.0197. The third-order valence-electron chi connectivity index (χ3n) is 2.91. The molecule has 0 unspecified atom stereocenters. The molecule has 22 heavy (non-hydrogen) atoms. The van der Waals surface area contributed by atoms with Gasteiger partial charge in [0.15, 0.2) is 11.5 Å². The fraction of sp³-hybridized carbons (Fsp3) is 0.118. The highest BCUT2D eigenvalue weighted by Crippen LogP contribution is 2.35. The summed E-state index contributed by atoms with van der Waals surface area (Å²) in [5, 5.41) is 9.72. The first-order valence-electron chi connectivity index (χ1n) is 6.55. The van der Waals surface area contributed by atoms with Crippen LogP contribution in [0.4, 0.5) is 0 Å². The Morgan fingerprint density at radius 3 is 2.68 bits per heavy atom. The number of phenolic OH excluding ortho intramolecular Hbond substituents is 1. The molecule has 0 heterocycles. The minimum atomic E-state index is -0.438. The van der Waals surface area contributed by atoms with Crippen LogP contribution >= 0.6 is 15.9 Å². The lowest BCUT2D eigenvalue weighted by atomic mass is 10.2. The van der Waals surface area contributed by atoms with Gasteiger partial charge in [-0.3, -0.25) is 0 Å². The minimum Gasteiger partial charge on any atom is -0.503 e. The second-order valence-electron chi connectivity index (χ2n) is 4.48. The Hall–Kier alpha value is -2.27. The van der Waals surface area contributed by atoms with Crippen molar-refractivity contribution in [2.24, 2.45) is 0 Å². The largest absolute Gasteiger partial charge is 0.503 e. The van der Waals surface area contributed by atoms with Gasteiger partial charge in [0.25, 0.3) is 0 Å². The molecule has 1 N–H and O–H groups in total. The van der Waals surface area contributed by atoms with Crippen molar-refractivity contribution < 1.29 is 19.4 Å². The van der Waals surface area contributed by atoms with E-state index in [0.717, 1.165) is 5.56 Å². The molecule has 0 radical (unpaired) electrons. The topological polar surface area (TPSA) is 55.8 Å². The number of methoxy groups -OCH3 is 1. The van der Waals surface area contributed by atoms with E-state index in [1.54, 1.807) is 18.2 Å². The summed E-state index contributed by atoms with van der Waals surface area (Å²) >= 11 is 3.23. The van der Waals surface area contributed by atoms with Crippen LogP contribution in [0.2, 0.25) is 0 Å². The standard InChI is InChI=1S/C17H15BrO4/c1-21-15-10-13(9-14(18)17(15)20)7-8-16(19)22-11-12-5-3-2-4-6-12/h2-10,20H,11H2,1H3/b8-7+. The van der Waals surface area contributed by atoms with Crippen LogP contribution in [0.25, 0.3) is 6.08 Å². The fourth-order valence-corrected chi connectivity index (χ4v) is 2.25. The number of phenols is 1. The van der Waals surface area contributed by atoms with Gasteiger partial charge in [-0.15, -0.1) is 0 Å². The van der Waals surface area contributed by atoms with Crippen LogP contribution in [0, 0.1) is 0 Å². The van der Waals surface area contributed by atoms with Crippen LogP contribution < -0.4 is 4.74 Å². The Morgan fingerprint density at radius 1 is 1.27 bits per heavy atom. The molecule has 114 valence electrons. The Morgan fingerprint density at radius 2 is 2.00 bits per heavy atom. The average Bonchev–Trinajstić information content (AvgIpc) is 2.54. The molecular formula is C17H15BrO4. The molecule has 0 atom stereocenters. The summed E-state index contributed by atoms with van der Waals surface area (Å²) < 4.78 is 10.7. The summed E-state index contributed by atoms with van der Waals surface area (Å²) in [6, 6.07) is 12.8. The third kappa shape index (κ3) is 4.36. The highest BCUT2D eigenvalue weighted by atomic mass is 79.9. The number of esters is 1. The van der Waals surface area contributed by atoms with E-state index in [9.17, 15) is 9.90 Å². The molecule has 0 bridgehead atoms. The molecular weight excluding hydrogens is 348 g/mol. The van der Waals surface area contributed by atoms with Gasteiger partial charge in [-0.2, -0.15) is 0 Å². The van der Waals surface area contributed by atoms with Crippen LogP contribution in [-0.2, 0) is 16.1 Å². The molecule has 0 spiro atoms. The van der Waals surface area contributed by atoms with Crippen molar-refractivity contribution in [3.63, 3.8) is 0 Å². The SMILES string of the molecule is COc1cc(/C=C/C(=O)OCc2ccccc2)cc(Br)c1O. The second kappa shape index (κ2) is 7.66. The fourth-order valence-electron chi connectivity index (χ4n) is 1.79. The van der Waals surface area contributed by atoms with Gasteiger partial charge in [0.05, 0.1) is 11.6 Å². The zero-order chi connectivity index (χ0) is 15.9. The van der Waals surface area contributed by atoms with E-state index in [2.05, 4.69) is 15.9 Å². The van der Waals surface area contributed by atoms with Crippen LogP contribution in [-0.4, -0.2) is 18.2 Å². The number of hydrogen-bond acceptors (Lipinski definition) is 4. The monoisotopic (exact) mass is 362 g/mol. The summed E-state index contributed by atoms with van der Waals surface area (Å²) in [5.41, 5.74) is 1.64. The van der Waals surface area contributed by atoms with Crippen molar-refractivity contribution >= 4 is 28.0 Å². The van der Waals surface area contributed by atoms with Crippen molar-refractivity contribution in [2.45, 2.75) is 6.61 Å². The predicted octanol–water partition coefficient (Wildman–Crippen LogP) is 3.92. The summed E-state index contributed by atoms with van der Waals surface area (Å²) in [6.07, 6.45) is 2.93.